The van der Waals surface area contributed by atoms with Crippen LogP contribution in [0.15, 0.2) is 30.3 Å². The largest absolute Gasteiger partial charge is 0.368 e. The van der Waals surface area contributed by atoms with Gasteiger partial charge in [-0.1, -0.05) is 43.7 Å². The van der Waals surface area contributed by atoms with Crippen molar-refractivity contribution in [2.75, 3.05) is 0 Å². The predicted molar refractivity (Wildman–Crippen MR) is 64.9 cm³/mol. The summed E-state index contributed by atoms with van der Waals surface area (Å²) >= 11 is 0. The van der Waals surface area contributed by atoms with Crippen LogP contribution in [0, 0.1) is 0 Å². The molecule has 1 aromatic carbocycles. The zero-order valence-electron chi connectivity index (χ0n) is 10.3. The summed E-state index contributed by atoms with van der Waals surface area (Å²) in [5.74, 6) is 0. The second-order valence-corrected chi connectivity index (χ2v) is 4.68. The molecule has 0 bridgehead atoms. The first kappa shape index (κ1) is 12.3. The third-order valence-corrected chi connectivity index (χ3v) is 2.62. The van der Waals surface area contributed by atoms with Gasteiger partial charge in [-0.15, -0.1) is 0 Å². The number of rotatable bonds is 5. The van der Waals surface area contributed by atoms with Gasteiger partial charge in [0.15, 0.2) is 0 Å². The van der Waals surface area contributed by atoms with Crippen LogP contribution in [0.1, 0.15) is 52.2 Å². The molecule has 1 rings (SSSR count). The SMILES string of the molecule is CCCC(C)(C)OC(C)c1ccccc1. The average Bonchev–Trinajstić information content (AvgIpc) is 2.18. The fraction of sp³-hybridized carbons (Fsp3) is 0.571. The Labute approximate surface area is 93.5 Å². The lowest BCUT2D eigenvalue weighted by Gasteiger charge is -2.29. The fourth-order valence-corrected chi connectivity index (χ4v) is 1.93. The summed E-state index contributed by atoms with van der Waals surface area (Å²) in [4.78, 5) is 0. The molecule has 1 heteroatoms. The van der Waals surface area contributed by atoms with Crippen LogP contribution in [0.4, 0.5) is 0 Å². The molecule has 0 aliphatic rings. The van der Waals surface area contributed by atoms with E-state index in [1.165, 1.54) is 5.56 Å². The fourth-order valence-electron chi connectivity index (χ4n) is 1.93. The van der Waals surface area contributed by atoms with Gasteiger partial charge < -0.3 is 4.74 Å². The van der Waals surface area contributed by atoms with E-state index in [-0.39, 0.29) is 11.7 Å². The Morgan fingerprint density at radius 1 is 1.20 bits per heavy atom. The van der Waals surface area contributed by atoms with E-state index in [4.69, 9.17) is 4.74 Å². The highest BCUT2D eigenvalue weighted by atomic mass is 16.5. The zero-order chi connectivity index (χ0) is 11.3. The topological polar surface area (TPSA) is 9.23 Å². The average molecular weight is 206 g/mol. The van der Waals surface area contributed by atoms with Crippen molar-refractivity contribution in [2.45, 2.75) is 52.2 Å². The Kier molecular flexibility index (Phi) is 4.34. The van der Waals surface area contributed by atoms with Gasteiger partial charge >= 0.3 is 0 Å². The van der Waals surface area contributed by atoms with Gasteiger partial charge in [-0.25, -0.2) is 0 Å². The van der Waals surface area contributed by atoms with E-state index in [9.17, 15) is 0 Å². The molecule has 0 amide bonds. The Morgan fingerprint density at radius 2 is 1.80 bits per heavy atom. The van der Waals surface area contributed by atoms with Crippen molar-refractivity contribution in [3.8, 4) is 0 Å². The summed E-state index contributed by atoms with van der Waals surface area (Å²) in [7, 11) is 0. The normalized spacial score (nSPS) is 13.9. The smallest absolute Gasteiger partial charge is 0.0804 e. The van der Waals surface area contributed by atoms with Crippen molar-refractivity contribution < 1.29 is 4.74 Å². The molecule has 0 saturated heterocycles. The minimum Gasteiger partial charge on any atom is -0.368 e. The summed E-state index contributed by atoms with van der Waals surface area (Å²) in [5.41, 5.74) is 1.23. The van der Waals surface area contributed by atoms with Crippen molar-refractivity contribution in [1.29, 1.82) is 0 Å². The summed E-state index contributed by atoms with van der Waals surface area (Å²) in [5, 5.41) is 0. The maximum Gasteiger partial charge on any atom is 0.0804 e. The van der Waals surface area contributed by atoms with Gasteiger partial charge in [0, 0.05) is 0 Å². The lowest BCUT2D eigenvalue weighted by molar-refractivity contribution is -0.0704. The first-order valence-electron chi connectivity index (χ1n) is 5.78. The first-order valence-corrected chi connectivity index (χ1v) is 5.78. The highest BCUT2D eigenvalue weighted by Gasteiger charge is 2.20. The number of benzene rings is 1. The third-order valence-electron chi connectivity index (χ3n) is 2.62. The minimum absolute atomic E-state index is 0.0238. The maximum atomic E-state index is 6.06. The number of ether oxygens (including phenoxy) is 1. The molecule has 0 aromatic heterocycles. The standard InChI is InChI=1S/C14H22O/c1-5-11-14(3,4)15-12(2)13-9-7-6-8-10-13/h6-10,12H,5,11H2,1-4H3. The number of hydrogen-bond donors (Lipinski definition) is 0. The highest BCUT2D eigenvalue weighted by Crippen LogP contribution is 2.26. The Balaban J connectivity index is 2.59. The van der Waals surface area contributed by atoms with Gasteiger partial charge in [0.05, 0.1) is 11.7 Å². The van der Waals surface area contributed by atoms with Gasteiger partial charge in [0.1, 0.15) is 0 Å². The van der Waals surface area contributed by atoms with Crippen LogP contribution < -0.4 is 0 Å². The molecular weight excluding hydrogens is 184 g/mol. The molecule has 1 aromatic rings. The van der Waals surface area contributed by atoms with E-state index in [0.717, 1.165) is 12.8 Å². The second-order valence-electron chi connectivity index (χ2n) is 4.68. The van der Waals surface area contributed by atoms with Crippen LogP contribution in [0.25, 0.3) is 0 Å². The molecule has 0 aliphatic carbocycles. The highest BCUT2D eigenvalue weighted by molar-refractivity contribution is 5.16. The molecule has 0 saturated carbocycles. The van der Waals surface area contributed by atoms with Gasteiger partial charge in [0.25, 0.3) is 0 Å². The third kappa shape index (κ3) is 4.05. The monoisotopic (exact) mass is 206 g/mol. The molecule has 0 aliphatic heterocycles. The molecule has 0 radical (unpaired) electrons. The summed E-state index contributed by atoms with van der Waals surface area (Å²) in [6.45, 7) is 8.64. The van der Waals surface area contributed by atoms with Crippen LogP contribution in [-0.4, -0.2) is 5.60 Å². The van der Waals surface area contributed by atoms with E-state index in [1.54, 1.807) is 0 Å². The maximum absolute atomic E-state index is 6.06. The Bertz CT molecular complexity index is 277. The number of hydrogen-bond acceptors (Lipinski definition) is 1. The van der Waals surface area contributed by atoms with Gasteiger partial charge in [-0.2, -0.15) is 0 Å². The van der Waals surface area contributed by atoms with Crippen LogP contribution in [-0.2, 0) is 4.74 Å². The van der Waals surface area contributed by atoms with Crippen LogP contribution in [0.3, 0.4) is 0 Å². The Morgan fingerprint density at radius 3 is 2.33 bits per heavy atom. The Hall–Kier alpha value is -0.820. The van der Waals surface area contributed by atoms with Crippen molar-refractivity contribution in [3.63, 3.8) is 0 Å². The van der Waals surface area contributed by atoms with E-state index in [2.05, 4.69) is 52.0 Å². The molecule has 1 atom stereocenters. The van der Waals surface area contributed by atoms with Crippen molar-refractivity contribution in [3.05, 3.63) is 35.9 Å². The molecule has 1 unspecified atom stereocenters. The molecular formula is C14H22O. The van der Waals surface area contributed by atoms with Gasteiger partial charge in [0.2, 0.25) is 0 Å². The van der Waals surface area contributed by atoms with E-state index < -0.39 is 0 Å². The van der Waals surface area contributed by atoms with Gasteiger partial charge in [-0.3, -0.25) is 0 Å². The molecule has 84 valence electrons. The molecule has 1 nitrogen and oxygen atoms in total. The van der Waals surface area contributed by atoms with Gasteiger partial charge in [-0.05, 0) is 32.8 Å². The molecule has 0 spiro atoms. The molecule has 0 N–H and O–H groups in total. The summed E-state index contributed by atoms with van der Waals surface area (Å²) in [6.07, 6.45) is 2.44. The lowest BCUT2D eigenvalue weighted by atomic mass is 10.0. The van der Waals surface area contributed by atoms with Crippen molar-refractivity contribution >= 4 is 0 Å². The van der Waals surface area contributed by atoms with Crippen molar-refractivity contribution in [2.24, 2.45) is 0 Å². The van der Waals surface area contributed by atoms with E-state index >= 15 is 0 Å². The minimum atomic E-state index is -0.0238. The second kappa shape index (κ2) is 5.32. The molecule has 15 heavy (non-hydrogen) atoms. The molecule has 0 fully saturated rings. The van der Waals surface area contributed by atoms with Crippen molar-refractivity contribution in [1.82, 2.24) is 0 Å². The zero-order valence-corrected chi connectivity index (χ0v) is 10.3. The predicted octanol–water partition coefficient (Wildman–Crippen LogP) is 4.34. The van der Waals surface area contributed by atoms with Crippen LogP contribution in [0.5, 0.6) is 0 Å². The first-order chi connectivity index (χ1) is 7.05. The van der Waals surface area contributed by atoms with Crippen LogP contribution >= 0.6 is 0 Å². The molecule has 0 heterocycles. The quantitative estimate of drug-likeness (QED) is 0.696. The van der Waals surface area contributed by atoms with Crippen LogP contribution in [0.2, 0.25) is 0 Å². The summed E-state index contributed by atoms with van der Waals surface area (Å²) in [6, 6.07) is 10.4. The van der Waals surface area contributed by atoms with E-state index in [1.807, 2.05) is 6.07 Å². The summed E-state index contributed by atoms with van der Waals surface area (Å²) < 4.78 is 6.06. The lowest BCUT2D eigenvalue weighted by Crippen LogP contribution is -2.25. The van der Waals surface area contributed by atoms with E-state index in [0.29, 0.717) is 0 Å².